The first-order valence-electron chi connectivity index (χ1n) is 8.30. The summed E-state index contributed by atoms with van der Waals surface area (Å²) in [6.07, 6.45) is 5.69. The molecule has 126 valence electrons. The molecule has 0 radical (unpaired) electrons. The van der Waals surface area contributed by atoms with Gasteiger partial charge < -0.3 is 9.73 Å². The lowest BCUT2D eigenvalue weighted by molar-refractivity contribution is -0.124. The van der Waals surface area contributed by atoms with E-state index in [4.69, 9.17) is 4.42 Å². The Kier molecular flexibility index (Phi) is 4.93. The fourth-order valence-electron chi connectivity index (χ4n) is 2.71. The second-order valence-electron chi connectivity index (χ2n) is 5.88. The van der Waals surface area contributed by atoms with Crippen LogP contribution in [0.15, 0.2) is 41.1 Å². The van der Waals surface area contributed by atoms with Crippen LogP contribution in [0.25, 0.3) is 11.1 Å². The molecule has 1 amide bonds. The first-order valence-corrected chi connectivity index (χ1v) is 8.30. The van der Waals surface area contributed by atoms with Gasteiger partial charge in [0.1, 0.15) is 11.6 Å². The van der Waals surface area contributed by atoms with E-state index in [1.165, 1.54) is 0 Å². The summed E-state index contributed by atoms with van der Waals surface area (Å²) in [5.41, 5.74) is 2.85. The van der Waals surface area contributed by atoms with Crippen molar-refractivity contribution in [1.29, 1.82) is 0 Å². The predicted octanol–water partition coefficient (Wildman–Crippen LogP) is 3.03. The van der Waals surface area contributed by atoms with Gasteiger partial charge in [0.2, 0.25) is 5.91 Å². The van der Waals surface area contributed by atoms with E-state index in [1.54, 1.807) is 10.9 Å². The number of carbonyl (C=O) groups is 1. The molecule has 1 N–H and O–H groups in total. The molecule has 3 aromatic rings. The van der Waals surface area contributed by atoms with Crippen molar-refractivity contribution in [3.8, 4) is 0 Å². The van der Waals surface area contributed by atoms with Crippen LogP contribution in [0.3, 0.4) is 0 Å². The average Bonchev–Trinajstić information content (AvgIpc) is 3.21. The first-order chi connectivity index (χ1) is 11.7. The van der Waals surface area contributed by atoms with Crippen LogP contribution in [0.1, 0.15) is 37.3 Å². The Bertz CT molecular complexity index is 808. The number of benzene rings is 1. The van der Waals surface area contributed by atoms with Crippen molar-refractivity contribution in [1.82, 2.24) is 20.1 Å². The van der Waals surface area contributed by atoms with Crippen LogP contribution in [-0.2, 0) is 11.2 Å². The zero-order valence-corrected chi connectivity index (χ0v) is 14.0. The summed E-state index contributed by atoms with van der Waals surface area (Å²) in [5.74, 6) is 0.707. The van der Waals surface area contributed by atoms with Gasteiger partial charge in [0.15, 0.2) is 11.5 Å². The molecule has 0 unspecified atom stereocenters. The average molecular weight is 326 g/mol. The number of amides is 1. The summed E-state index contributed by atoms with van der Waals surface area (Å²) in [5, 5.41) is 7.11. The maximum Gasteiger partial charge on any atom is 0.244 e. The molecule has 0 aliphatic rings. The molecule has 0 bridgehead atoms. The maximum atomic E-state index is 12.3. The molecule has 0 aliphatic carbocycles. The fourth-order valence-corrected chi connectivity index (χ4v) is 2.71. The van der Waals surface area contributed by atoms with Crippen molar-refractivity contribution in [2.45, 2.75) is 39.2 Å². The summed E-state index contributed by atoms with van der Waals surface area (Å²) in [6.45, 7) is 4.60. The minimum Gasteiger partial charge on any atom is -0.441 e. The summed E-state index contributed by atoms with van der Waals surface area (Å²) in [7, 11) is 0. The zero-order valence-electron chi connectivity index (χ0n) is 14.0. The van der Waals surface area contributed by atoms with Gasteiger partial charge in [-0.3, -0.25) is 9.48 Å². The Morgan fingerprint density at radius 3 is 3.04 bits per heavy atom. The Hall–Kier alpha value is -2.63. The summed E-state index contributed by atoms with van der Waals surface area (Å²) < 4.78 is 7.44. The molecule has 6 heteroatoms. The van der Waals surface area contributed by atoms with E-state index < -0.39 is 0 Å². The van der Waals surface area contributed by atoms with Crippen LogP contribution in [0.5, 0.6) is 0 Å². The number of nitrogens with zero attached hydrogens (tertiary/aromatic N) is 3. The molecule has 3 rings (SSSR count). The van der Waals surface area contributed by atoms with Gasteiger partial charge in [-0.05, 0) is 43.5 Å². The SMILES string of the molecule is CC[C@H](C(=O)NCCCc1nc2ccc(C)cc2o1)n1cccn1. The fraction of sp³-hybridized carbons (Fsp3) is 0.389. The number of hydrogen-bond donors (Lipinski definition) is 1. The smallest absolute Gasteiger partial charge is 0.244 e. The van der Waals surface area contributed by atoms with E-state index in [0.29, 0.717) is 25.3 Å². The van der Waals surface area contributed by atoms with E-state index in [2.05, 4.69) is 15.4 Å². The van der Waals surface area contributed by atoms with Crippen molar-refractivity contribution in [2.75, 3.05) is 6.54 Å². The van der Waals surface area contributed by atoms with Gasteiger partial charge in [-0.2, -0.15) is 5.10 Å². The van der Waals surface area contributed by atoms with Crippen molar-refractivity contribution >= 4 is 17.0 Å². The third-order valence-electron chi connectivity index (χ3n) is 3.99. The Morgan fingerprint density at radius 2 is 2.29 bits per heavy atom. The monoisotopic (exact) mass is 326 g/mol. The second kappa shape index (κ2) is 7.29. The molecule has 0 fully saturated rings. The molecule has 0 aliphatic heterocycles. The predicted molar refractivity (Wildman–Crippen MR) is 91.6 cm³/mol. The molecule has 1 atom stereocenters. The van der Waals surface area contributed by atoms with E-state index >= 15 is 0 Å². The highest BCUT2D eigenvalue weighted by Crippen LogP contribution is 2.17. The Morgan fingerprint density at radius 1 is 1.42 bits per heavy atom. The van der Waals surface area contributed by atoms with Crippen molar-refractivity contribution < 1.29 is 9.21 Å². The van der Waals surface area contributed by atoms with Gasteiger partial charge in [0.25, 0.3) is 0 Å². The number of oxazole rings is 1. The topological polar surface area (TPSA) is 73.0 Å². The third-order valence-corrected chi connectivity index (χ3v) is 3.99. The quantitative estimate of drug-likeness (QED) is 0.677. The lowest BCUT2D eigenvalue weighted by atomic mass is 10.2. The van der Waals surface area contributed by atoms with Crippen molar-refractivity contribution in [3.63, 3.8) is 0 Å². The zero-order chi connectivity index (χ0) is 16.9. The molecule has 2 heterocycles. The lowest BCUT2D eigenvalue weighted by Gasteiger charge is -2.15. The van der Waals surface area contributed by atoms with Crippen LogP contribution >= 0.6 is 0 Å². The molecular formula is C18H22N4O2. The number of carbonyl (C=O) groups excluding carboxylic acids is 1. The maximum absolute atomic E-state index is 12.3. The van der Waals surface area contributed by atoms with Gasteiger partial charge in [0, 0.05) is 25.4 Å². The van der Waals surface area contributed by atoms with E-state index in [0.717, 1.165) is 23.1 Å². The van der Waals surface area contributed by atoms with E-state index in [-0.39, 0.29) is 11.9 Å². The van der Waals surface area contributed by atoms with Crippen molar-refractivity contribution in [3.05, 3.63) is 48.1 Å². The van der Waals surface area contributed by atoms with Gasteiger partial charge >= 0.3 is 0 Å². The lowest BCUT2D eigenvalue weighted by Crippen LogP contribution is -2.33. The third kappa shape index (κ3) is 3.64. The summed E-state index contributed by atoms with van der Waals surface area (Å²) >= 11 is 0. The Labute approximate surface area is 140 Å². The van der Waals surface area contributed by atoms with E-state index in [9.17, 15) is 4.79 Å². The minimum absolute atomic E-state index is 0.00519. The Balaban J connectivity index is 1.50. The first kappa shape index (κ1) is 16.2. The highest BCUT2D eigenvalue weighted by atomic mass is 16.3. The number of nitrogens with one attached hydrogen (secondary N) is 1. The van der Waals surface area contributed by atoms with Crippen LogP contribution in [0, 0.1) is 6.92 Å². The van der Waals surface area contributed by atoms with Crippen LogP contribution in [-0.4, -0.2) is 27.2 Å². The van der Waals surface area contributed by atoms with Gasteiger partial charge in [0.05, 0.1) is 0 Å². The van der Waals surface area contributed by atoms with Crippen molar-refractivity contribution in [2.24, 2.45) is 0 Å². The molecule has 0 saturated carbocycles. The number of aromatic nitrogens is 3. The number of aryl methyl sites for hydroxylation is 2. The largest absolute Gasteiger partial charge is 0.441 e. The summed E-state index contributed by atoms with van der Waals surface area (Å²) in [4.78, 5) is 16.7. The van der Waals surface area contributed by atoms with Crippen LogP contribution < -0.4 is 5.32 Å². The normalized spacial score (nSPS) is 12.4. The molecule has 6 nitrogen and oxygen atoms in total. The molecule has 24 heavy (non-hydrogen) atoms. The molecule has 2 aromatic heterocycles. The number of hydrogen-bond acceptors (Lipinski definition) is 4. The van der Waals surface area contributed by atoms with Gasteiger partial charge in [-0.15, -0.1) is 0 Å². The molecular weight excluding hydrogens is 304 g/mol. The second-order valence-corrected chi connectivity index (χ2v) is 5.88. The molecule has 0 saturated heterocycles. The van der Waals surface area contributed by atoms with Gasteiger partial charge in [-0.25, -0.2) is 4.98 Å². The van der Waals surface area contributed by atoms with E-state index in [1.807, 2.05) is 44.3 Å². The van der Waals surface area contributed by atoms with Gasteiger partial charge in [-0.1, -0.05) is 13.0 Å². The minimum atomic E-state index is -0.257. The highest BCUT2D eigenvalue weighted by molar-refractivity contribution is 5.80. The van der Waals surface area contributed by atoms with Crippen LogP contribution in [0.4, 0.5) is 0 Å². The molecule has 0 spiro atoms. The van der Waals surface area contributed by atoms with Crippen LogP contribution in [0.2, 0.25) is 0 Å². The number of fused-ring (bicyclic) bond motifs is 1. The highest BCUT2D eigenvalue weighted by Gasteiger charge is 2.17. The number of rotatable bonds is 7. The molecule has 1 aromatic carbocycles. The standard InChI is InChI=1S/C18H22N4O2/c1-3-15(22-11-5-10-20-22)18(23)19-9-4-6-17-21-14-8-7-13(2)12-16(14)24-17/h5,7-8,10-12,15H,3-4,6,9H2,1-2H3,(H,19,23)/t15-/m1/s1. The summed E-state index contributed by atoms with van der Waals surface area (Å²) in [6, 6.07) is 7.55.